The molecule has 0 aliphatic carbocycles. The first-order valence-corrected chi connectivity index (χ1v) is 7.53. The van der Waals surface area contributed by atoms with Gasteiger partial charge in [0.25, 0.3) is 5.91 Å². The molecule has 0 radical (unpaired) electrons. The molecule has 1 fully saturated rings. The number of aromatic nitrogens is 1. The fourth-order valence-electron chi connectivity index (χ4n) is 2.90. The lowest BCUT2D eigenvalue weighted by molar-refractivity contribution is 0.0915. The van der Waals surface area contributed by atoms with Gasteiger partial charge in [-0.05, 0) is 44.5 Å². The lowest BCUT2D eigenvalue weighted by atomic mass is 9.95. The summed E-state index contributed by atoms with van der Waals surface area (Å²) in [6.07, 6.45) is 0.976. The summed E-state index contributed by atoms with van der Waals surface area (Å²) in [6, 6.07) is 9.99. The highest BCUT2D eigenvalue weighted by Crippen LogP contribution is 2.18. The van der Waals surface area contributed by atoms with Crippen LogP contribution in [0.25, 0.3) is 10.9 Å². The van der Waals surface area contributed by atoms with E-state index in [1.807, 2.05) is 37.3 Å². The summed E-state index contributed by atoms with van der Waals surface area (Å²) in [5, 5.41) is 7.53. The van der Waals surface area contributed by atoms with Gasteiger partial charge in [0.05, 0.1) is 11.1 Å². The van der Waals surface area contributed by atoms with Crippen LogP contribution in [0, 0.1) is 12.8 Å². The largest absolute Gasteiger partial charge is 0.349 e. The van der Waals surface area contributed by atoms with Crippen molar-refractivity contribution in [1.29, 1.82) is 0 Å². The Morgan fingerprint density at radius 2 is 2.04 bits per heavy atom. The zero-order valence-electron chi connectivity index (χ0n) is 13.3. The van der Waals surface area contributed by atoms with Crippen LogP contribution in [-0.2, 0) is 0 Å². The van der Waals surface area contributed by atoms with E-state index >= 15 is 0 Å². The molecule has 0 bridgehead atoms. The lowest BCUT2D eigenvalue weighted by Crippen LogP contribution is -2.48. The van der Waals surface area contributed by atoms with E-state index in [1.165, 1.54) is 0 Å². The van der Waals surface area contributed by atoms with Gasteiger partial charge in [-0.15, -0.1) is 24.8 Å². The van der Waals surface area contributed by atoms with Gasteiger partial charge in [-0.1, -0.05) is 25.1 Å². The molecule has 1 amide bonds. The SMILES string of the molecule is Cc1ccc2cccc(C(=O)NC3CCNCC3C)c2n1.Cl.Cl. The molecular formula is C17H23Cl2N3O. The third-order valence-electron chi connectivity index (χ3n) is 4.21. The molecule has 0 saturated carbocycles. The molecule has 2 N–H and O–H groups in total. The van der Waals surface area contributed by atoms with Gasteiger partial charge in [0.1, 0.15) is 0 Å². The van der Waals surface area contributed by atoms with Crippen molar-refractivity contribution in [2.75, 3.05) is 13.1 Å². The molecule has 6 heteroatoms. The van der Waals surface area contributed by atoms with Crippen molar-refractivity contribution in [3.8, 4) is 0 Å². The topological polar surface area (TPSA) is 54.0 Å². The van der Waals surface area contributed by atoms with E-state index in [4.69, 9.17) is 0 Å². The molecule has 1 aliphatic heterocycles. The first-order chi connectivity index (χ1) is 10.1. The second-order valence-corrected chi connectivity index (χ2v) is 5.88. The fourth-order valence-corrected chi connectivity index (χ4v) is 2.90. The Balaban J connectivity index is 0.00000132. The molecular weight excluding hydrogens is 333 g/mol. The van der Waals surface area contributed by atoms with Crippen LogP contribution >= 0.6 is 24.8 Å². The summed E-state index contributed by atoms with van der Waals surface area (Å²) in [7, 11) is 0. The molecule has 1 aromatic heterocycles. The van der Waals surface area contributed by atoms with Gasteiger partial charge in [-0.25, -0.2) is 0 Å². The molecule has 2 unspecified atom stereocenters. The minimum Gasteiger partial charge on any atom is -0.349 e. The Hall–Kier alpha value is -1.36. The standard InChI is InChI=1S/C17H21N3O.2ClH/c1-11-10-18-9-8-15(11)20-17(21)14-5-3-4-13-7-6-12(2)19-16(13)14;;/h3-7,11,15,18H,8-10H2,1-2H3,(H,20,21);2*1H. The molecule has 2 aromatic rings. The van der Waals surface area contributed by atoms with Crippen molar-refractivity contribution < 1.29 is 4.79 Å². The summed E-state index contributed by atoms with van der Waals surface area (Å²) in [6.45, 7) is 6.03. The molecule has 3 rings (SSSR count). The minimum absolute atomic E-state index is 0. The molecule has 1 saturated heterocycles. The van der Waals surface area contributed by atoms with Gasteiger partial charge in [0, 0.05) is 17.1 Å². The van der Waals surface area contributed by atoms with Gasteiger partial charge in [-0.3, -0.25) is 9.78 Å². The van der Waals surface area contributed by atoms with E-state index < -0.39 is 0 Å². The first-order valence-electron chi connectivity index (χ1n) is 7.53. The van der Waals surface area contributed by atoms with Gasteiger partial charge < -0.3 is 10.6 Å². The number of carbonyl (C=O) groups is 1. The number of hydrogen-bond donors (Lipinski definition) is 2. The van der Waals surface area contributed by atoms with Crippen LogP contribution in [-0.4, -0.2) is 30.0 Å². The molecule has 23 heavy (non-hydrogen) atoms. The fraction of sp³-hybridized carbons (Fsp3) is 0.412. The monoisotopic (exact) mass is 355 g/mol. The molecule has 2 heterocycles. The maximum Gasteiger partial charge on any atom is 0.253 e. The van der Waals surface area contributed by atoms with E-state index in [0.29, 0.717) is 11.5 Å². The van der Waals surface area contributed by atoms with Crippen LogP contribution in [0.2, 0.25) is 0 Å². The number of amides is 1. The molecule has 1 aliphatic rings. The summed E-state index contributed by atoms with van der Waals surface area (Å²) in [5.41, 5.74) is 2.39. The number of aryl methyl sites for hydroxylation is 1. The third kappa shape index (κ3) is 4.34. The summed E-state index contributed by atoms with van der Waals surface area (Å²) >= 11 is 0. The van der Waals surface area contributed by atoms with Gasteiger partial charge >= 0.3 is 0 Å². The first kappa shape index (κ1) is 19.7. The van der Waals surface area contributed by atoms with Crippen molar-refractivity contribution in [1.82, 2.24) is 15.6 Å². The van der Waals surface area contributed by atoms with E-state index in [-0.39, 0.29) is 36.8 Å². The van der Waals surface area contributed by atoms with E-state index in [0.717, 1.165) is 36.1 Å². The lowest BCUT2D eigenvalue weighted by Gasteiger charge is -2.30. The van der Waals surface area contributed by atoms with E-state index in [1.54, 1.807) is 0 Å². The number of benzene rings is 1. The highest BCUT2D eigenvalue weighted by molar-refractivity contribution is 6.05. The molecule has 4 nitrogen and oxygen atoms in total. The smallest absolute Gasteiger partial charge is 0.253 e. The van der Waals surface area contributed by atoms with Crippen LogP contribution in [0.4, 0.5) is 0 Å². The van der Waals surface area contributed by atoms with Gasteiger partial charge in [-0.2, -0.15) is 0 Å². The maximum absolute atomic E-state index is 12.6. The van der Waals surface area contributed by atoms with Crippen molar-refractivity contribution in [3.63, 3.8) is 0 Å². The number of piperidine rings is 1. The second-order valence-electron chi connectivity index (χ2n) is 5.88. The average Bonchev–Trinajstić information content (AvgIpc) is 2.49. The van der Waals surface area contributed by atoms with Crippen LogP contribution in [0.5, 0.6) is 0 Å². The van der Waals surface area contributed by atoms with E-state index in [9.17, 15) is 4.79 Å². The number of nitrogens with zero attached hydrogens (tertiary/aromatic N) is 1. The van der Waals surface area contributed by atoms with Gasteiger partial charge in [0.2, 0.25) is 0 Å². The van der Waals surface area contributed by atoms with Crippen molar-refractivity contribution in [2.45, 2.75) is 26.3 Å². The average molecular weight is 356 g/mol. The number of halogens is 2. The highest BCUT2D eigenvalue weighted by Gasteiger charge is 2.23. The minimum atomic E-state index is -0.0162. The van der Waals surface area contributed by atoms with Crippen molar-refractivity contribution in [3.05, 3.63) is 41.6 Å². The normalized spacial score (nSPS) is 20.3. The number of carbonyl (C=O) groups excluding carboxylic acids is 1. The maximum atomic E-state index is 12.6. The van der Waals surface area contributed by atoms with Gasteiger partial charge in [0.15, 0.2) is 0 Å². The zero-order chi connectivity index (χ0) is 14.8. The Labute approximate surface area is 149 Å². The van der Waals surface area contributed by atoms with Crippen molar-refractivity contribution >= 4 is 41.6 Å². The molecule has 1 aromatic carbocycles. The number of para-hydroxylation sites is 1. The van der Waals surface area contributed by atoms with Crippen molar-refractivity contribution in [2.24, 2.45) is 5.92 Å². The Kier molecular flexibility index (Phi) is 7.26. The van der Waals surface area contributed by atoms with Crippen LogP contribution in [0.1, 0.15) is 29.4 Å². The quantitative estimate of drug-likeness (QED) is 0.869. The number of hydrogen-bond acceptors (Lipinski definition) is 3. The summed E-state index contributed by atoms with van der Waals surface area (Å²) < 4.78 is 0. The predicted molar refractivity (Wildman–Crippen MR) is 98.9 cm³/mol. The summed E-state index contributed by atoms with van der Waals surface area (Å²) in [4.78, 5) is 17.1. The highest BCUT2D eigenvalue weighted by atomic mass is 35.5. The number of rotatable bonds is 2. The Morgan fingerprint density at radius 3 is 2.78 bits per heavy atom. The number of pyridine rings is 1. The Bertz CT molecular complexity index is 678. The van der Waals surface area contributed by atoms with E-state index in [2.05, 4.69) is 22.5 Å². The molecule has 2 atom stereocenters. The number of nitrogens with one attached hydrogen (secondary N) is 2. The predicted octanol–water partition coefficient (Wildman–Crippen LogP) is 3.11. The van der Waals surface area contributed by atoms with Crippen LogP contribution in [0.15, 0.2) is 30.3 Å². The van der Waals surface area contributed by atoms with Crippen LogP contribution in [0.3, 0.4) is 0 Å². The molecule has 0 spiro atoms. The zero-order valence-corrected chi connectivity index (χ0v) is 15.0. The van der Waals surface area contributed by atoms with Crippen LogP contribution < -0.4 is 10.6 Å². The second kappa shape index (κ2) is 8.48. The molecule has 126 valence electrons. The number of fused-ring (bicyclic) bond motifs is 1. The summed E-state index contributed by atoms with van der Waals surface area (Å²) in [5.74, 6) is 0.435. The Morgan fingerprint density at radius 1 is 1.26 bits per heavy atom. The third-order valence-corrected chi connectivity index (χ3v) is 4.21.